The first-order valence-electron chi connectivity index (χ1n) is 17.2. The van der Waals surface area contributed by atoms with Gasteiger partial charge in [-0.05, 0) is 73.9 Å². The number of nitrogens with two attached hydrogens (primary N) is 1. The Labute approximate surface area is 290 Å². The molecule has 4 atom stereocenters. The number of aromatic nitrogens is 2. The Balaban J connectivity index is 1.27. The van der Waals surface area contributed by atoms with Crippen LogP contribution in [-0.4, -0.2) is 74.1 Å². The van der Waals surface area contributed by atoms with Crippen LogP contribution in [0.5, 0.6) is 0 Å². The lowest BCUT2D eigenvalue weighted by Gasteiger charge is -2.37. The highest BCUT2D eigenvalue weighted by Gasteiger charge is 2.44. The van der Waals surface area contributed by atoms with Gasteiger partial charge in [0.2, 0.25) is 5.91 Å². The van der Waals surface area contributed by atoms with Crippen molar-refractivity contribution in [2.24, 2.45) is 11.1 Å². The van der Waals surface area contributed by atoms with Crippen LogP contribution in [0.4, 0.5) is 4.79 Å². The Morgan fingerprint density at radius 1 is 0.857 bits per heavy atom. The summed E-state index contributed by atoms with van der Waals surface area (Å²) in [4.78, 5) is 40.5. The summed E-state index contributed by atoms with van der Waals surface area (Å²) in [5.74, 6) is -0.238. The summed E-state index contributed by atoms with van der Waals surface area (Å²) in [6, 6.07) is 27.9. The van der Waals surface area contributed by atoms with E-state index in [-0.39, 0.29) is 18.4 Å². The van der Waals surface area contributed by atoms with Gasteiger partial charge in [0.15, 0.2) is 0 Å². The van der Waals surface area contributed by atoms with E-state index in [1.165, 1.54) is 0 Å². The third-order valence-corrected chi connectivity index (χ3v) is 9.11. The number of aryl methyl sites for hydroxylation is 2. The first-order valence-corrected chi connectivity index (χ1v) is 17.2. The maximum atomic E-state index is 14.2. The number of hydrogen-bond acceptors (Lipinski definition) is 6. The molecule has 0 saturated carbocycles. The van der Waals surface area contributed by atoms with E-state index in [2.05, 4.69) is 15.3 Å². The number of aliphatic hydroxyl groups is 1. The van der Waals surface area contributed by atoms with E-state index in [1.54, 1.807) is 9.80 Å². The van der Waals surface area contributed by atoms with Crippen LogP contribution < -0.4 is 11.1 Å². The molecule has 3 heterocycles. The summed E-state index contributed by atoms with van der Waals surface area (Å²) in [5, 5.41) is 14.6. The molecule has 2 aromatic heterocycles. The monoisotopic (exact) mass is 662 g/mol. The maximum Gasteiger partial charge on any atom is 0.321 e. The lowest BCUT2D eigenvalue weighted by Crippen LogP contribution is -2.57. The van der Waals surface area contributed by atoms with E-state index in [4.69, 9.17) is 5.73 Å². The highest BCUT2D eigenvalue weighted by Crippen LogP contribution is 2.29. The first-order chi connectivity index (χ1) is 23.4. The van der Waals surface area contributed by atoms with E-state index < -0.39 is 29.6 Å². The third-order valence-electron chi connectivity index (χ3n) is 9.11. The number of aliphatic hydroxyl groups excluding tert-OH is 1. The van der Waals surface area contributed by atoms with E-state index in [0.717, 1.165) is 39.5 Å². The van der Waals surface area contributed by atoms with E-state index >= 15 is 0 Å². The molecule has 0 unspecified atom stereocenters. The van der Waals surface area contributed by atoms with E-state index in [9.17, 15) is 14.7 Å². The van der Waals surface area contributed by atoms with Crippen molar-refractivity contribution in [1.29, 1.82) is 0 Å². The molecule has 258 valence electrons. The second-order valence-corrected chi connectivity index (χ2v) is 14.4. The van der Waals surface area contributed by atoms with Gasteiger partial charge in [-0.25, -0.2) is 4.79 Å². The zero-order chi connectivity index (χ0) is 35.1. The molecule has 9 nitrogen and oxygen atoms in total. The van der Waals surface area contributed by atoms with E-state index in [0.29, 0.717) is 32.5 Å². The molecule has 49 heavy (non-hydrogen) atoms. The van der Waals surface area contributed by atoms with Crippen LogP contribution in [0.1, 0.15) is 55.4 Å². The quantitative estimate of drug-likeness (QED) is 0.175. The second kappa shape index (κ2) is 15.7. The zero-order valence-corrected chi connectivity index (χ0v) is 29.3. The van der Waals surface area contributed by atoms with Crippen molar-refractivity contribution in [3.05, 3.63) is 119 Å². The molecule has 1 aliphatic rings. The number of benzene rings is 2. The predicted molar refractivity (Wildman–Crippen MR) is 194 cm³/mol. The van der Waals surface area contributed by atoms with Crippen molar-refractivity contribution in [3.63, 3.8) is 0 Å². The average molecular weight is 663 g/mol. The van der Waals surface area contributed by atoms with E-state index in [1.807, 2.05) is 126 Å². The van der Waals surface area contributed by atoms with Gasteiger partial charge < -0.3 is 26.0 Å². The van der Waals surface area contributed by atoms with Crippen LogP contribution >= 0.6 is 0 Å². The number of amides is 3. The molecule has 4 N–H and O–H groups in total. The van der Waals surface area contributed by atoms with Crippen LogP contribution in [0.3, 0.4) is 0 Å². The molecule has 1 fully saturated rings. The summed E-state index contributed by atoms with van der Waals surface area (Å²) in [7, 11) is 0. The molecule has 5 rings (SSSR count). The third kappa shape index (κ3) is 9.52. The molecule has 0 bridgehead atoms. The van der Waals surface area contributed by atoms with Gasteiger partial charge in [-0.2, -0.15) is 0 Å². The minimum Gasteiger partial charge on any atom is -0.391 e. The smallest absolute Gasteiger partial charge is 0.321 e. The van der Waals surface area contributed by atoms with Gasteiger partial charge in [-0.3, -0.25) is 14.8 Å². The zero-order valence-electron chi connectivity index (χ0n) is 29.3. The van der Waals surface area contributed by atoms with Gasteiger partial charge in [-0.1, -0.05) is 87.5 Å². The molecule has 0 spiro atoms. The number of nitrogens with zero attached hydrogens (tertiary/aromatic N) is 4. The van der Waals surface area contributed by atoms with Crippen molar-refractivity contribution in [1.82, 2.24) is 25.1 Å². The fraction of sp³-hybridized carbons (Fsp3) is 0.400. The molecule has 1 saturated heterocycles. The van der Waals surface area contributed by atoms with Gasteiger partial charge >= 0.3 is 6.03 Å². The number of carbonyl (C=O) groups excluding carboxylic acids is 2. The molecular formula is C40H50N6O3. The molecule has 1 aliphatic heterocycles. The van der Waals surface area contributed by atoms with Gasteiger partial charge in [0, 0.05) is 42.1 Å². The van der Waals surface area contributed by atoms with Crippen molar-refractivity contribution in [2.75, 3.05) is 13.1 Å². The minimum atomic E-state index is -0.869. The number of hydrogen-bond donors (Lipinski definition) is 3. The Bertz CT molecular complexity index is 1710. The largest absolute Gasteiger partial charge is 0.391 e. The summed E-state index contributed by atoms with van der Waals surface area (Å²) in [5.41, 5.74) is 12.7. The lowest BCUT2D eigenvalue weighted by atomic mass is 9.84. The Hall–Kier alpha value is -4.60. The number of urea groups is 1. The average Bonchev–Trinajstić information content (AvgIpc) is 3.39. The summed E-state index contributed by atoms with van der Waals surface area (Å²) < 4.78 is 0. The van der Waals surface area contributed by atoms with Crippen molar-refractivity contribution in [3.8, 4) is 11.3 Å². The Morgan fingerprint density at radius 3 is 2.16 bits per heavy atom. The number of carbonyl (C=O) groups is 2. The second-order valence-electron chi connectivity index (χ2n) is 14.4. The molecule has 4 aromatic rings. The number of pyridine rings is 2. The topological polar surface area (TPSA) is 125 Å². The maximum absolute atomic E-state index is 14.2. The molecule has 3 amide bonds. The van der Waals surface area contributed by atoms with Gasteiger partial charge in [0.05, 0.1) is 24.0 Å². The fourth-order valence-electron chi connectivity index (χ4n) is 6.63. The number of rotatable bonds is 13. The lowest BCUT2D eigenvalue weighted by molar-refractivity contribution is -0.129. The molecule has 2 aromatic carbocycles. The summed E-state index contributed by atoms with van der Waals surface area (Å²) in [6.07, 6.45) is 0.395. The SMILES string of the molecule is Cc1cccc(CN2CCN([C@H](C(=O)N[C@@H](Cc3ccccc3)C[C@H](O)[C@@H](N)Cc3ccc(-c4cccc(C)n4)cc3)C(C)(C)C)C2=O)n1. The van der Waals surface area contributed by atoms with Crippen LogP contribution in [-0.2, 0) is 24.2 Å². The molecule has 0 radical (unpaired) electrons. The Morgan fingerprint density at radius 2 is 1.51 bits per heavy atom. The first kappa shape index (κ1) is 35.7. The minimum absolute atomic E-state index is 0.177. The van der Waals surface area contributed by atoms with Crippen molar-refractivity contribution >= 4 is 11.9 Å². The van der Waals surface area contributed by atoms with Crippen LogP contribution in [0.2, 0.25) is 0 Å². The normalized spacial score (nSPS) is 15.9. The predicted octanol–water partition coefficient (Wildman–Crippen LogP) is 5.46. The van der Waals surface area contributed by atoms with Crippen molar-refractivity contribution in [2.45, 2.75) is 84.7 Å². The highest BCUT2D eigenvalue weighted by atomic mass is 16.3. The fourth-order valence-corrected chi connectivity index (χ4v) is 6.63. The molecule has 9 heteroatoms. The van der Waals surface area contributed by atoms with Crippen LogP contribution in [0.25, 0.3) is 11.3 Å². The highest BCUT2D eigenvalue weighted by molar-refractivity contribution is 5.89. The molecule has 0 aliphatic carbocycles. The van der Waals surface area contributed by atoms with Gasteiger partial charge in [-0.15, -0.1) is 0 Å². The van der Waals surface area contributed by atoms with Gasteiger partial charge in [0.1, 0.15) is 6.04 Å². The summed E-state index contributed by atoms with van der Waals surface area (Å²) in [6.45, 7) is 11.2. The standard InChI is InChI=1S/C40H50N6O3/c1-27-11-9-15-32(42-27)26-45-21-22-46(39(45)49)37(40(3,4)5)38(48)44-33(23-29-13-7-6-8-14-29)25-36(47)34(41)24-30-17-19-31(20-18-30)35-16-10-12-28(2)43-35/h6-20,33-34,36-37,47H,21-26,41H2,1-5H3,(H,44,48)/t33-,34-,36-,37+/m0/s1. The summed E-state index contributed by atoms with van der Waals surface area (Å²) >= 11 is 0. The van der Waals surface area contributed by atoms with Crippen molar-refractivity contribution < 1.29 is 14.7 Å². The molecular weight excluding hydrogens is 612 g/mol. The number of nitrogens with one attached hydrogen (secondary N) is 1. The van der Waals surface area contributed by atoms with Gasteiger partial charge in [0.25, 0.3) is 0 Å². The van der Waals surface area contributed by atoms with Crippen LogP contribution in [0.15, 0.2) is 91.0 Å². The van der Waals surface area contributed by atoms with Crippen LogP contribution in [0, 0.1) is 19.3 Å². The Kier molecular flexibility index (Phi) is 11.5.